The Hall–Kier alpha value is -8.35. The Morgan fingerprint density at radius 2 is 0.750 bits per heavy atom. The normalized spacial score (nSPS) is 11.8. The van der Waals surface area contributed by atoms with Crippen LogP contribution in [-0.4, -0.2) is 4.98 Å². The van der Waals surface area contributed by atoms with E-state index in [1.165, 1.54) is 89.5 Å². The number of aromatic nitrogens is 1. The largest absolute Gasteiger partial charge is 0.308 e. The van der Waals surface area contributed by atoms with Crippen molar-refractivity contribution in [1.29, 1.82) is 0 Å². The van der Waals surface area contributed by atoms with Crippen LogP contribution in [0.15, 0.2) is 237 Å². The lowest BCUT2D eigenvalue weighted by Gasteiger charge is -2.29. The summed E-state index contributed by atoms with van der Waals surface area (Å²) in [5, 5.41) is 12.4. The smallest absolute Gasteiger partial charge is 0.137 e. The number of hydrogen-bond donors (Lipinski definition) is 0. The van der Waals surface area contributed by atoms with Gasteiger partial charge in [0.15, 0.2) is 0 Å². The Morgan fingerprint density at radius 3 is 1.31 bits per heavy atom. The van der Waals surface area contributed by atoms with E-state index < -0.39 is 0 Å². The number of anilines is 6. The van der Waals surface area contributed by atoms with Gasteiger partial charge in [-0.15, -0.1) is 22.7 Å². The summed E-state index contributed by atoms with van der Waals surface area (Å²) in [5.41, 5.74) is 10.2. The molecule has 0 saturated carbocycles. The molecule has 0 N–H and O–H groups in total. The molecule has 0 aliphatic heterocycles. The zero-order valence-electron chi connectivity index (χ0n) is 36.7. The van der Waals surface area contributed by atoms with Crippen LogP contribution in [0.25, 0.3) is 94.9 Å². The molecule has 0 unspecified atom stereocenters. The minimum atomic E-state index is 0.868. The third kappa shape index (κ3) is 6.14. The SMILES string of the molecule is c1ccc(-c2ccc(N(c3ccc4ccc5c(N(c6ccc(-c7ccccc7)cn6)c6cccc7c6sc6ccccc67)ccc6ccc3c4c65)c3cccc4c3sc3ccccc34)cc2)cc1. The second-order valence-corrected chi connectivity index (χ2v) is 19.6. The van der Waals surface area contributed by atoms with Gasteiger partial charge in [0.25, 0.3) is 0 Å². The van der Waals surface area contributed by atoms with E-state index in [9.17, 15) is 0 Å². The molecule has 0 atom stereocenters. The van der Waals surface area contributed by atoms with Gasteiger partial charge in [-0.25, -0.2) is 4.98 Å². The van der Waals surface area contributed by atoms with Gasteiger partial charge < -0.3 is 4.90 Å². The molecule has 3 heterocycles. The van der Waals surface area contributed by atoms with Gasteiger partial charge in [-0.3, -0.25) is 4.90 Å². The van der Waals surface area contributed by atoms with Crippen molar-refractivity contribution >= 4 is 130 Å². The van der Waals surface area contributed by atoms with Crippen molar-refractivity contribution in [3.8, 4) is 22.3 Å². The lowest BCUT2D eigenvalue weighted by Crippen LogP contribution is -2.12. The van der Waals surface area contributed by atoms with Crippen LogP contribution in [0.4, 0.5) is 34.3 Å². The van der Waals surface area contributed by atoms with Crippen molar-refractivity contribution in [3.05, 3.63) is 237 Å². The zero-order valence-corrected chi connectivity index (χ0v) is 38.3. The summed E-state index contributed by atoms with van der Waals surface area (Å²) in [4.78, 5) is 10.2. The standard InChI is InChI=1S/C63H39N3S2/c1-3-13-40(14-4-1)42-25-32-46(33-26-42)65(55-21-11-19-49-47-17-7-9-23-57(47)67-62(49)55)53-36-29-43-28-35-52-54(37-30-44-27-34-51(53)60(43)61(44)52)66(59-38-31-45(39-64-59)41-15-5-2-6-16-41)56-22-12-20-50-48-18-8-10-24-58(48)68-63(50)56/h1-39H. The highest BCUT2D eigenvalue weighted by Crippen LogP contribution is 2.51. The van der Waals surface area contributed by atoms with E-state index >= 15 is 0 Å². The number of benzene rings is 11. The average molecular weight is 902 g/mol. The predicted octanol–water partition coefficient (Wildman–Crippen LogP) is 19.0. The Balaban J connectivity index is 1.01. The molecule has 0 fully saturated rings. The summed E-state index contributed by atoms with van der Waals surface area (Å²) in [5.74, 6) is 0.868. The van der Waals surface area contributed by atoms with E-state index in [1.54, 1.807) is 0 Å². The molecular weight excluding hydrogens is 863 g/mol. The van der Waals surface area contributed by atoms with Crippen LogP contribution < -0.4 is 9.80 Å². The lowest BCUT2D eigenvalue weighted by atomic mass is 9.91. The van der Waals surface area contributed by atoms with Crippen molar-refractivity contribution < 1.29 is 0 Å². The molecule has 0 spiro atoms. The second-order valence-electron chi connectivity index (χ2n) is 17.5. The first-order chi connectivity index (χ1) is 33.7. The van der Waals surface area contributed by atoms with Gasteiger partial charge in [0.05, 0.1) is 32.1 Å². The highest BCUT2D eigenvalue weighted by Gasteiger charge is 2.25. The van der Waals surface area contributed by atoms with Crippen molar-refractivity contribution in [2.24, 2.45) is 0 Å². The summed E-state index contributed by atoms with van der Waals surface area (Å²) >= 11 is 3.72. The monoisotopic (exact) mass is 901 g/mol. The van der Waals surface area contributed by atoms with E-state index in [0.717, 1.165) is 39.7 Å². The fourth-order valence-corrected chi connectivity index (χ4v) is 12.9. The average Bonchev–Trinajstić information content (AvgIpc) is 3.99. The van der Waals surface area contributed by atoms with Gasteiger partial charge in [0, 0.05) is 59.2 Å². The van der Waals surface area contributed by atoms with Crippen molar-refractivity contribution in [3.63, 3.8) is 0 Å². The first-order valence-corrected chi connectivity index (χ1v) is 24.7. The van der Waals surface area contributed by atoms with Crippen LogP contribution in [0.5, 0.6) is 0 Å². The Morgan fingerprint density at radius 1 is 0.294 bits per heavy atom. The van der Waals surface area contributed by atoms with E-state index in [2.05, 4.69) is 240 Å². The summed E-state index contributed by atoms with van der Waals surface area (Å²) in [7, 11) is 0. The van der Waals surface area contributed by atoms with Crippen molar-refractivity contribution in [2.75, 3.05) is 9.80 Å². The van der Waals surface area contributed by atoms with E-state index in [1.807, 2.05) is 28.9 Å². The topological polar surface area (TPSA) is 19.4 Å². The maximum Gasteiger partial charge on any atom is 0.137 e. The number of rotatable bonds is 8. The molecule has 11 aromatic carbocycles. The third-order valence-corrected chi connectivity index (χ3v) is 16.1. The maximum absolute atomic E-state index is 5.27. The van der Waals surface area contributed by atoms with E-state index in [4.69, 9.17) is 4.98 Å². The van der Waals surface area contributed by atoms with Gasteiger partial charge in [0.1, 0.15) is 5.82 Å². The third-order valence-electron chi connectivity index (χ3n) is 13.7. The highest BCUT2D eigenvalue weighted by atomic mass is 32.1. The molecule has 318 valence electrons. The van der Waals surface area contributed by atoms with E-state index in [0.29, 0.717) is 0 Å². The molecule has 3 aromatic heterocycles. The molecule has 3 nitrogen and oxygen atoms in total. The molecule has 14 rings (SSSR count). The summed E-state index contributed by atoms with van der Waals surface area (Å²) in [6.45, 7) is 0. The Bertz CT molecular complexity index is 3920. The molecule has 5 heteroatoms. The Kier molecular flexibility index (Phi) is 8.94. The molecule has 68 heavy (non-hydrogen) atoms. The molecule has 0 amide bonds. The Labute approximate surface area is 401 Å². The fraction of sp³-hybridized carbons (Fsp3) is 0. The van der Waals surface area contributed by atoms with Crippen LogP contribution in [-0.2, 0) is 0 Å². The van der Waals surface area contributed by atoms with Crippen LogP contribution in [0, 0.1) is 0 Å². The van der Waals surface area contributed by atoms with Gasteiger partial charge in [-0.2, -0.15) is 0 Å². The number of nitrogens with zero attached hydrogens (tertiary/aromatic N) is 3. The molecule has 14 aromatic rings. The van der Waals surface area contributed by atoms with Gasteiger partial charge in [0.2, 0.25) is 0 Å². The summed E-state index contributed by atoms with van der Waals surface area (Å²) < 4.78 is 5.07. The van der Waals surface area contributed by atoms with Crippen LogP contribution in [0.1, 0.15) is 0 Å². The number of fused-ring (bicyclic) bond motifs is 6. The molecule has 0 aliphatic carbocycles. The molecule has 0 saturated heterocycles. The van der Waals surface area contributed by atoms with Crippen molar-refractivity contribution in [2.45, 2.75) is 0 Å². The highest BCUT2D eigenvalue weighted by molar-refractivity contribution is 7.26. The minimum absolute atomic E-state index is 0.868. The van der Waals surface area contributed by atoms with Crippen LogP contribution >= 0.6 is 22.7 Å². The fourth-order valence-electron chi connectivity index (χ4n) is 10.5. The van der Waals surface area contributed by atoms with Gasteiger partial charge in [-0.05, 0) is 98.9 Å². The van der Waals surface area contributed by atoms with Gasteiger partial charge in [-0.1, -0.05) is 170 Å². The van der Waals surface area contributed by atoms with Gasteiger partial charge >= 0.3 is 0 Å². The molecule has 0 bridgehead atoms. The molecule has 0 aliphatic rings. The van der Waals surface area contributed by atoms with Crippen LogP contribution in [0.2, 0.25) is 0 Å². The number of hydrogen-bond acceptors (Lipinski definition) is 5. The minimum Gasteiger partial charge on any atom is -0.308 e. The lowest BCUT2D eigenvalue weighted by molar-refractivity contribution is 1.20. The first-order valence-electron chi connectivity index (χ1n) is 23.0. The number of pyridine rings is 1. The predicted molar refractivity (Wildman–Crippen MR) is 294 cm³/mol. The second kappa shape index (κ2) is 15.6. The van der Waals surface area contributed by atoms with Crippen molar-refractivity contribution in [1.82, 2.24) is 4.98 Å². The maximum atomic E-state index is 5.27. The molecular formula is C63H39N3S2. The summed E-state index contributed by atoms with van der Waals surface area (Å²) in [6.07, 6.45) is 2.02. The summed E-state index contributed by atoms with van der Waals surface area (Å²) in [6, 6.07) is 84.2. The van der Waals surface area contributed by atoms with Crippen LogP contribution in [0.3, 0.4) is 0 Å². The molecule has 0 radical (unpaired) electrons. The van der Waals surface area contributed by atoms with E-state index in [-0.39, 0.29) is 0 Å². The first kappa shape index (κ1) is 38.9. The number of thiophene rings is 2. The zero-order chi connectivity index (χ0) is 44.7. The quantitative estimate of drug-likeness (QED) is 0.142.